The molecule has 1 atom stereocenters. The SMILES string of the molecule is COc1cc(N2C(C)=CSC2N)nc(SCc2cccc(F)c2F)n1. The molecular weight excluding hydrogens is 366 g/mol. The third kappa shape index (κ3) is 3.88. The molecule has 132 valence electrons. The number of nitrogens with zero attached hydrogens (tertiary/aromatic N) is 3. The maximum absolute atomic E-state index is 13.8. The number of benzene rings is 1. The van der Waals surface area contributed by atoms with Gasteiger partial charge in [0.25, 0.3) is 0 Å². The summed E-state index contributed by atoms with van der Waals surface area (Å²) in [6.07, 6.45) is 0. The number of hydrogen-bond acceptors (Lipinski definition) is 7. The van der Waals surface area contributed by atoms with E-state index in [1.165, 1.54) is 42.8 Å². The van der Waals surface area contributed by atoms with E-state index in [0.29, 0.717) is 16.9 Å². The lowest BCUT2D eigenvalue weighted by atomic mass is 10.2. The van der Waals surface area contributed by atoms with Crippen LogP contribution in [0, 0.1) is 11.6 Å². The number of rotatable bonds is 5. The minimum atomic E-state index is -0.869. The Hall–Kier alpha value is -1.84. The van der Waals surface area contributed by atoms with Gasteiger partial charge in [-0.1, -0.05) is 35.7 Å². The van der Waals surface area contributed by atoms with Gasteiger partial charge in [-0.3, -0.25) is 0 Å². The average molecular weight is 382 g/mol. The highest BCUT2D eigenvalue weighted by atomic mass is 32.2. The van der Waals surface area contributed by atoms with Crippen LogP contribution in [-0.4, -0.2) is 22.6 Å². The molecule has 5 nitrogen and oxygen atoms in total. The van der Waals surface area contributed by atoms with Gasteiger partial charge in [0.2, 0.25) is 5.88 Å². The van der Waals surface area contributed by atoms with Crippen LogP contribution in [0.1, 0.15) is 12.5 Å². The molecule has 3 rings (SSSR count). The summed E-state index contributed by atoms with van der Waals surface area (Å²) in [6.45, 7) is 1.93. The maximum atomic E-state index is 13.8. The van der Waals surface area contributed by atoms with E-state index < -0.39 is 11.6 Å². The maximum Gasteiger partial charge on any atom is 0.219 e. The average Bonchev–Trinajstić information content (AvgIpc) is 2.94. The van der Waals surface area contributed by atoms with Crippen molar-refractivity contribution in [3.05, 3.63) is 52.6 Å². The van der Waals surface area contributed by atoms with Gasteiger partial charge in [0.05, 0.1) is 7.11 Å². The quantitative estimate of drug-likeness (QED) is 0.625. The van der Waals surface area contributed by atoms with Crippen LogP contribution in [0.5, 0.6) is 5.88 Å². The highest BCUT2D eigenvalue weighted by Crippen LogP contribution is 2.34. The second-order valence-electron chi connectivity index (χ2n) is 5.21. The molecule has 2 aromatic rings. The summed E-state index contributed by atoms with van der Waals surface area (Å²) in [5, 5.41) is 2.35. The van der Waals surface area contributed by atoms with E-state index in [0.717, 1.165) is 11.8 Å². The van der Waals surface area contributed by atoms with E-state index in [2.05, 4.69) is 9.97 Å². The highest BCUT2D eigenvalue weighted by Gasteiger charge is 2.25. The van der Waals surface area contributed by atoms with Crippen molar-refractivity contribution in [3.63, 3.8) is 0 Å². The van der Waals surface area contributed by atoms with Crippen molar-refractivity contribution in [2.24, 2.45) is 5.73 Å². The van der Waals surface area contributed by atoms with Gasteiger partial charge < -0.3 is 15.4 Å². The Morgan fingerprint density at radius 1 is 1.36 bits per heavy atom. The van der Waals surface area contributed by atoms with Crippen LogP contribution in [0.15, 0.2) is 40.5 Å². The predicted octanol–water partition coefficient (Wildman–Crippen LogP) is 3.71. The van der Waals surface area contributed by atoms with Gasteiger partial charge in [0, 0.05) is 23.1 Å². The lowest BCUT2D eigenvalue weighted by molar-refractivity contribution is 0.392. The Balaban J connectivity index is 1.85. The van der Waals surface area contributed by atoms with Gasteiger partial charge in [-0.2, -0.15) is 4.98 Å². The number of hydrogen-bond donors (Lipinski definition) is 1. The smallest absolute Gasteiger partial charge is 0.219 e. The summed E-state index contributed by atoms with van der Waals surface area (Å²) in [4.78, 5) is 10.6. The van der Waals surface area contributed by atoms with Crippen molar-refractivity contribution in [2.75, 3.05) is 12.0 Å². The van der Waals surface area contributed by atoms with Crippen molar-refractivity contribution in [2.45, 2.75) is 23.3 Å². The molecule has 0 saturated carbocycles. The van der Waals surface area contributed by atoms with Crippen molar-refractivity contribution < 1.29 is 13.5 Å². The van der Waals surface area contributed by atoms with E-state index >= 15 is 0 Å². The second-order valence-corrected chi connectivity index (χ2v) is 7.14. The summed E-state index contributed by atoms with van der Waals surface area (Å²) in [5.41, 5.74) is 7.02. The van der Waals surface area contributed by atoms with Crippen molar-refractivity contribution in [1.82, 2.24) is 9.97 Å². The first kappa shape index (κ1) is 18.0. The van der Waals surface area contributed by atoms with Crippen LogP contribution < -0.4 is 15.4 Å². The first-order chi connectivity index (χ1) is 12.0. The molecule has 0 bridgehead atoms. The van der Waals surface area contributed by atoms with Gasteiger partial charge in [0.1, 0.15) is 11.3 Å². The fraction of sp³-hybridized carbons (Fsp3) is 0.250. The lowest BCUT2D eigenvalue weighted by Gasteiger charge is -2.24. The zero-order chi connectivity index (χ0) is 18.0. The molecule has 25 heavy (non-hydrogen) atoms. The molecule has 1 aromatic heterocycles. The molecule has 0 aliphatic carbocycles. The Kier molecular flexibility index (Phi) is 5.45. The first-order valence-corrected chi connectivity index (χ1v) is 9.28. The topological polar surface area (TPSA) is 64.3 Å². The summed E-state index contributed by atoms with van der Waals surface area (Å²) in [5.74, 6) is -0.545. The van der Waals surface area contributed by atoms with Gasteiger partial charge in [-0.15, -0.1) is 0 Å². The summed E-state index contributed by atoms with van der Waals surface area (Å²) in [7, 11) is 1.51. The lowest BCUT2D eigenvalue weighted by Crippen LogP contribution is -2.35. The molecule has 0 fully saturated rings. The fourth-order valence-corrected chi connectivity index (χ4v) is 3.95. The monoisotopic (exact) mass is 382 g/mol. The standard InChI is InChI=1S/C16H16F2N4OS2/c1-9-7-24-15(19)22(9)12-6-13(23-2)21-16(20-12)25-8-10-4-3-5-11(17)14(10)18/h3-7,15H,8,19H2,1-2H3. The molecule has 2 heterocycles. The molecule has 0 amide bonds. The molecule has 1 aliphatic heterocycles. The van der Waals surface area contributed by atoms with Crippen LogP contribution in [0.25, 0.3) is 0 Å². The van der Waals surface area contributed by atoms with Crippen molar-refractivity contribution >= 4 is 29.3 Å². The molecule has 9 heteroatoms. The van der Waals surface area contributed by atoms with Gasteiger partial charge in [0.15, 0.2) is 16.8 Å². The van der Waals surface area contributed by atoms with Gasteiger partial charge >= 0.3 is 0 Å². The van der Waals surface area contributed by atoms with Crippen LogP contribution in [0.2, 0.25) is 0 Å². The Morgan fingerprint density at radius 2 is 2.16 bits per heavy atom. The number of methoxy groups -OCH3 is 1. The molecule has 0 saturated heterocycles. The molecule has 0 spiro atoms. The molecule has 1 aliphatic rings. The number of thioether (sulfide) groups is 2. The first-order valence-electron chi connectivity index (χ1n) is 7.35. The van der Waals surface area contributed by atoms with Crippen LogP contribution in [-0.2, 0) is 5.75 Å². The minimum Gasteiger partial charge on any atom is -0.481 e. The van der Waals surface area contributed by atoms with E-state index in [9.17, 15) is 8.78 Å². The molecular formula is C16H16F2N4OS2. The number of nitrogens with two attached hydrogens (primary N) is 1. The van der Waals surface area contributed by atoms with Crippen LogP contribution in [0.4, 0.5) is 14.6 Å². The molecule has 0 radical (unpaired) electrons. The Labute approximate surface area is 152 Å². The summed E-state index contributed by atoms with van der Waals surface area (Å²) >= 11 is 2.68. The van der Waals surface area contributed by atoms with Crippen LogP contribution >= 0.6 is 23.5 Å². The number of halogens is 2. The predicted molar refractivity (Wildman–Crippen MR) is 96.3 cm³/mol. The van der Waals surface area contributed by atoms with Gasteiger partial charge in [-0.25, -0.2) is 13.8 Å². The number of ether oxygens (including phenoxy) is 1. The van der Waals surface area contributed by atoms with Crippen molar-refractivity contribution in [1.29, 1.82) is 0 Å². The third-order valence-electron chi connectivity index (χ3n) is 3.53. The highest BCUT2D eigenvalue weighted by molar-refractivity contribution is 8.03. The molecule has 1 aromatic carbocycles. The largest absolute Gasteiger partial charge is 0.481 e. The summed E-state index contributed by atoms with van der Waals surface area (Å²) in [6, 6.07) is 5.79. The van der Waals surface area contributed by atoms with E-state index in [-0.39, 0.29) is 16.8 Å². The minimum absolute atomic E-state index is 0.200. The Morgan fingerprint density at radius 3 is 2.84 bits per heavy atom. The van der Waals surface area contributed by atoms with Gasteiger partial charge in [-0.05, 0) is 18.4 Å². The second kappa shape index (κ2) is 7.59. The van der Waals surface area contributed by atoms with Crippen molar-refractivity contribution in [3.8, 4) is 5.88 Å². The zero-order valence-electron chi connectivity index (χ0n) is 13.6. The van der Waals surface area contributed by atoms with E-state index in [1.807, 2.05) is 17.2 Å². The zero-order valence-corrected chi connectivity index (χ0v) is 15.2. The van der Waals surface area contributed by atoms with E-state index in [4.69, 9.17) is 10.5 Å². The number of allylic oxidation sites excluding steroid dienone is 1. The number of anilines is 1. The molecule has 1 unspecified atom stereocenters. The van der Waals surface area contributed by atoms with Crippen LogP contribution in [0.3, 0.4) is 0 Å². The molecule has 2 N–H and O–H groups in total. The number of aromatic nitrogens is 2. The fourth-order valence-electron chi connectivity index (χ4n) is 2.28. The van der Waals surface area contributed by atoms with E-state index in [1.54, 1.807) is 6.07 Å². The summed E-state index contributed by atoms with van der Waals surface area (Å²) < 4.78 is 32.3. The third-order valence-corrected chi connectivity index (χ3v) is 5.39. The normalized spacial score (nSPS) is 16.9. The Bertz CT molecular complexity index is 819.